The molecule has 0 saturated carbocycles. The van der Waals surface area contributed by atoms with Crippen LogP contribution < -0.4 is 4.90 Å². The van der Waals surface area contributed by atoms with Crippen molar-refractivity contribution in [3.8, 4) is 5.69 Å². The van der Waals surface area contributed by atoms with Gasteiger partial charge in [-0.05, 0) is 42.5 Å². The molecule has 9 heteroatoms. The number of rotatable bonds is 9. The molecular weight excluding hydrogens is 512 g/mol. The highest BCUT2D eigenvalue weighted by atomic mass is 35.5. The van der Waals surface area contributed by atoms with Gasteiger partial charge in [-0.15, -0.1) is 0 Å². The first-order valence-electron chi connectivity index (χ1n) is 13.6. The topological polar surface area (TPSA) is 76.4 Å². The zero-order valence-corrected chi connectivity index (χ0v) is 23.3. The lowest BCUT2D eigenvalue weighted by atomic mass is 10.1. The summed E-state index contributed by atoms with van der Waals surface area (Å²) < 4.78 is 7.55. The van der Waals surface area contributed by atoms with Gasteiger partial charge in [-0.25, -0.2) is 14.6 Å². The molecular formula is C30H35ClN6O2. The van der Waals surface area contributed by atoms with Gasteiger partial charge >= 0.3 is 0 Å². The molecule has 204 valence electrons. The lowest BCUT2D eigenvalue weighted by Gasteiger charge is -2.24. The average molecular weight is 547 g/mol. The smallest absolute Gasteiger partial charge is 0.248 e. The number of ether oxygens (including phenoxy) is 1. The minimum atomic E-state index is 0.0204. The van der Waals surface area contributed by atoms with E-state index in [4.69, 9.17) is 26.3 Å². The first-order chi connectivity index (χ1) is 19.0. The number of fused-ring (bicyclic) bond motifs is 1. The quantitative estimate of drug-likeness (QED) is 0.283. The molecule has 0 atom stereocenters. The predicted octanol–water partition coefficient (Wildman–Crippen LogP) is 5.31. The SMILES string of the molecule is CC(C)CCc1nc(N2CCCN(C(=O)COCc3ccccc3)CC2)c2cnn(-c3cccc(Cl)c3)c2n1. The molecule has 1 saturated heterocycles. The third-order valence-corrected chi connectivity index (χ3v) is 7.17. The van der Waals surface area contributed by atoms with Crippen LogP contribution >= 0.6 is 11.6 Å². The standard InChI is InChI=1S/C30H35ClN6O2/c1-22(2)12-13-27-33-29(26-19-32-37(30(26)34-27)25-11-6-10-24(31)18-25)36-15-7-14-35(16-17-36)28(38)21-39-20-23-8-4-3-5-9-23/h3-6,8-11,18-19,22H,7,12-17,20-21H2,1-2H3. The molecule has 39 heavy (non-hydrogen) atoms. The van der Waals surface area contributed by atoms with Gasteiger partial charge in [0.1, 0.15) is 18.2 Å². The molecule has 2 aromatic carbocycles. The number of hydrogen-bond acceptors (Lipinski definition) is 6. The number of benzene rings is 2. The molecule has 1 fully saturated rings. The fourth-order valence-corrected chi connectivity index (χ4v) is 4.99. The highest BCUT2D eigenvalue weighted by Gasteiger charge is 2.24. The molecule has 4 aromatic rings. The average Bonchev–Trinajstić information content (AvgIpc) is 3.21. The molecule has 0 unspecified atom stereocenters. The van der Waals surface area contributed by atoms with Crippen LogP contribution in [-0.2, 0) is 22.6 Å². The summed E-state index contributed by atoms with van der Waals surface area (Å²) in [5.74, 6) is 2.25. The second kappa shape index (κ2) is 12.6. The van der Waals surface area contributed by atoms with Crippen LogP contribution in [0.15, 0.2) is 60.8 Å². The Morgan fingerprint density at radius 1 is 1.03 bits per heavy atom. The van der Waals surface area contributed by atoms with Gasteiger partial charge in [0.15, 0.2) is 5.65 Å². The van der Waals surface area contributed by atoms with Gasteiger partial charge in [0.25, 0.3) is 0 Å². The van der Waals surface area contributed by atoms with Gasteiger partial charge in [0.05, 0.1) is 23.9 Å². The highest BCUT2D eigenvalue weighted by molar-refractivity contribution is 6.30. The van der Waals surface area contributed by atoms with Crippen molar-refractivity contribution in [2.24, 2.45) is 5.92 Å². The third kappa shape index (κ3) is 6.75. The Hall–Kier alpha value is -3.49. The first-order valence-corrected chi connectivity index (χ1v) is 14.0. The van der Waals surface area contributed by atoms with E-state index in [1.54, 1.807) is 0 Å². The number of anilines is 1. The first kappa shape index (κ1) is 27.1. The van der Waals surface area contributed by atoms with Crippen molar-refractivity contribution in [2.45, 2.75) is 39.7 Å². The maximum Gasteiger partial charge on any atom is 0.248 e. The van der Waals surface area contributed by atoms with E-state index in [1.807, 2.05) is 70.4 Å². The molecule has 2 aromatic heterocycles. The monoisotopic (exact) mass is 546 g/mol. The number of nitrogens with zero attached hydrogens (tertiary/aromatic N) is 6. The fourth-order valence-electron chi connectivity index (χ4n) is 4.80. The molecule has 1 aliphatic rings. The minimum absolute atomic E-state index is 0.0204. The number of amides is 1. The molecule has 0 bridgehead atoms. The molecule has 1 amide bonds. The third-order valence-electron chi connectivity index (χ3n) is 6.94. The van der Waals surface area contributed by atoms with Crippen LogP contribution in [0.1, 0.15) is 38.1 Å². The van der Waals surface area contributed by atoms with E-state index < -0.39 is 0 Å². The Balaban J connectivity index is 1.34. The van der Waals surface area contributed by atoms with Crippen LogP contribution in [0.3, 0.4) is 0 Å². The molecule has 0 radical (unpaired) electrons. The van der Waals surface area contributed by atoms with Crippen LogP contribution in [0.5, 0.6) is 0 Å². The maximum atomic E-state index is 12.9. The normalized spacial score (nSPS) is 14.3. The summed E-state index contributed by atoms with van der Waals surface area (Å²) in [5.41, 5.74) is 2.69. The van der Waals surface area contributed by atoms with Crippen molar-refractivity contribution < 1.29 is 9.53 Å². The molecule has 1 aliphatic heterocycles. The minimum Gasteiger partial charge on any atom is -0.367 e. The van der Waals surface area contributed by atoms with E-state index in [-0.39, 0.29) is 12.5 Å². The van der Waals surface area contributed by atoms with Gasteiger partial charge in [0.2, 0.25) is 5.91 Å². The second-order valence-corrected chi connectivity index (χ2v) is 10.8. The van der Waals surface area contributed by atoms with E-state index in [9.17, 15) is 4.79 Å². The van der Waals surface area contributed by atoms with E-state index in [0.717, 1.165) is 59.7 Å². The summed E-state index contributed by atoms with van der Waals surface area (Å²) in [4.78, 5) is 27.0. The van der Waals surface area contributed by atoms with Crippen LogP contribution in [0.2, 0.25) is 5.02 Å². The van der Waals surface area contributed by atoms with E-state index in [0.29, 0.717) is 37.2 Å². The van der Waals surface area contributed by atoms with Crippen LogP contribution in [0.4, 0.5) is 5.82 Å². The van der Waals surface area contributed by atoms with Crippen molar-refractivity contribution in [3.63, 3.8) is 0 Å². The van der Waals surface area contributed by atoms with Gasteiger partial charge in [-0.3, -0.25) is 4.79 Å². The Bertz CT molecular complexity index is 1410. The van der Waals surface area contributed by atoms with Gasteiger partial charge in [-0.2, -0.15) is 5.10 Å². The van der Waals surface area contributed by atoms with Crippen LogP contribution in [0, 0.1) is 5.92 Å². The van der Waals surface area contributed by atoms with Crippen molar-refractivity contribution in [3.05, 3.63) is 77.2 Å². The zero-order chi connectivity index (χ0) is 27.2. The molecule has 0 aliphatic carbocycles. The number of carbonyl (C=O) groups is 1. The summed E-state index contributed by atoms with van der Waals surface area (Å²) in [7, 11) is 0. The Kier molecular flexibility index (Phi) is 8.74. The number of aromatic nitrogens is 4. The number of halogens is 1. The van der Waals surface area contributed by atoms with E-state index in [1.165, 1.54) is 0 Å². The van der Waals surface area contributed by atoms with Crippen molar-refractivity contribution >= 4 is 34.4 Å². The van der Waals surface area contributed by atoms with Crippen molar-refractivity contribution in [1.29, 1.82) is 0 Å². The number of aryl methyl sites for hydroxylation is 1. The van der Waals surface area contributed by atoms with Gasteiger partial charge in [0, 0.05) is 37.6 Å². The number of carbonyl (C=O) groups excluding carboxylic acids is 1. The number of hydrogen-bond donors (Lipinski definition) is 0. The van der Waals surface area contributed by atoms with Crippen molar-refractivity contribution in [2.75, 3.05) is 37.7 Å². The van der Waals surface area contributed by atoms with Crippen LogP contribution in [-0.4, -0.2) is 63.3 Å². The summed E-state index contributed by atoms with van der Waals surface area (Å²) in [6.45, 7) is 7.72. The second-order valence-electron chi connectivity index (χ2n) is 10.4. The molecule has 0 spiro atoms. The lowest BCUT2D eigenvalue weighted by molar-refractivity contribution is -0.136. The molecule has 0 N–H and O–H groups in total. The Morgan fingerprint density at radius 2 is 1.87 bits per heavy atom. The van der Waals surface area contributed by atoms with E-state index >= 15 is 0 Å². The summed E-state index contributed by atoms with van der Waals surface area (Å²) in [6.07, 6.45) is 4.47. The van der Waals surface area contributed by atoms with Crippen LogP contribution in [0.25, 0.3) is 16.7 Å². The molecule has 8 nitrogen and oxygen atoms in total. The van der Waals surface area contributed by atoms with Gasteiger partial charge in [-0.1, -0.05) is 61.8 Å². The summed E-state index contributed by atoms with van der Waals surface area (Å²) in [5, 5.41) is 6.22. The maximum absolute atomic E-state index is 12.9. The zero-order valence-electron chi connectivity index (χ0n) is 22.6. The Labute approximate surface area is 234 Å². The van der Waals surface area contributed by atoms with Crippen molar-refractivity contribution in [1.82, 2.24) is 24.6 Å². The predicted molar refractivity (Wildman–Crippen MR) is 154 cm³/mol. The molecule has 5 rings (SSSR count). The summed E-state index contributed by atoms with van der Waals surface area (Å²) >= 11 is 6.28. The highest BCUT2D eigenvalue weighted by Crippen LogP contribution is 2.28. The lowest BCUT2D eigenvalue weighted by Crippen LogP contribution is -2.37. The molecule has 3 heterocycles. The Morgan fingerprint density at radius 3 is 2.67 bits per heavy atom. The fraction of sp³-hybridized carbons (Fsp3) is 0.400. The van der Waals surface area contributed by atoms with E-state index in [2.05, 4.69) is 23.8 Å². The summed E-state index contributed by atoms with van der Waals surface area (Å²) in [6, 6.07) is 17.5. The largest absolute Gasteiger partial charge is 0.367 e. The van der Waals surface area contributed by atoms with Gasteiger partial charge < -0.3 is 14.5 Å².